The molecule has 2 aromatic carbocycles. The maximum absolute atomic E-state index is 14.3. The molecule has 106 valence electrons. The SMILES string of the molecule is COc1ccc(C(C)(N)c2ccccc2OC)c(F)c1. The van der Waals surface area contributed by atoms with Gasteiger partial charge in [0.05, 0.1) is 19.8 Å². The van der Waals surface area contributed by atoms with Crippen LogP contribution in [0.4, 0.5) is 4.39 Å². The van der Waals surface area contributed by atoms with Crippen LogP contribution >= 0.6 is 0 Å². The number of ether oxygens (including phenoxy) is 2. The lowest BCUT2D eigenvalue weighted by Crippen LogP contribution is -2.35. The van der Waals surface area contributed by atoms with Gasteiger partial charge in [-0.05, 0) is 19.1 Å². The van der Waals surface area contributed by atoms with Crippen LogP contribution in [0.25, 0.3) is 0 Å². The first kappa shape index (κ1) is 14.3. The average Bonchev–Trinajstić information content (AvgIpc) is 2.46. The van der Waals surface area contributed by atoms with Crippen LogP contribution in [0.5, 0.6) is 11.5 Å². The fraction of sp³-hybridized carbons (Fsp3) is 0.250. The minimum Gasteiger partial charge on any atom is -0.497 e. The normalized spacial score (nSPS) is 13.7. The molecule has 3 nitrogen and oxygen atoms in total. The Morgan fingerprint density at radius 2 is 1.70 bits per heavy atom. The zero-order valence-corrected chi connectivity index (χ0v) is 11.8. The van der Waals surface area contributed by atoms with E-state index in [2.05, 4.69) is 0 Å². The minimum absolute atomic E-state index is 0.391. The van der Waals surface area contributed by atoms with Crippen LogP contribution < -0.4 is 15.2 Å². The van der Waals surface area contributed by atoms with Crippen molar-refractivity contribution in [3.63, 3.8) is 0 Å². The quantitative estimate of drug-likeness (QED) is 0.932. The summed E-state index contributed by atoms with van der Waals surface area (Å²) in [7, 11) is 3.07. The summed E-state index contributed by atoms with van der Waals surface area (Å²) < 4.78 is 24.6. The Kier molecular flexibility index (Phi) is 3.95. The van der Waals surface area contributed by atoms with E-state index in [-0.39, 0.29) is 0 Å². The number of hydrogen-bond donors (Lipinski definition) is 1. The summed E-state index contributed by atoms with van der Waals surface area (Å²) in [6, 6.07) is 12.0. The van der Waals surface area contributed by atoms with E-state index in [0.717, 1.165) is 5.56 Å². The first-order valence-electron chi connectivity index (χ1n) is 6.27. The molecule has 0 radical (unpaired) electrons. The van der Waals surface area contributed by atoms with E-state index in [4.69, 9.17) is 15.2 Å². The van der Waals surface area contributed by atoms with Crippen LogP contribution in [0.3, 0.4) is 0 Å². The molecular weight excluding hydrogens is 257 g/mol. The monoisotopic (exact) mass is 275 g/mol. The van der Waals surface area contributed by atoms with Crippen molar-refractivity contribution < 1.29 is 13.9 Å². The molecule has 0 saturated heterocycles. The van der Waals surface area contributed by atoms with E-state index in [1.165, 1.54) is 13.2 Å². The molecule has 0 aliphatic carbocycles. The third-order valence-corrected chi connectivity index (χ3v) is 3.40. The van der Waals surface area contributed by atoms with Gasteiger partial charge in [0.15, 0.2) is 0 Å². The summed E-state index contributed by atoms with van der Waals surface area (Å²) in [5.41, 5.74) is 6.49. The molecule has 0 aliphatic heterocycles. The van der Waals surface area contributed by atoms with Crippen LogP contribution in [0.2, 0.25) is 0 Å². The van der Waals surface area contributed by atoms with E-state index in [1.807, 2.05) is 24.3 Å². The third-order valence-electron chi connectivity index (χ3n) is 3.40. The molecule has 2 rings (SSSR count). The van der Waals surface area contributed by atoms with Crippen molar-refractivity contribution in [3.05, 3.63) is 59.4 Å². The smallest absolute Gasteiger partial charge is 0.132 e. The second kappa shape index (κ2) is 5.51. The van der Waals surface area contributed by atoms with Gasteiger partial charge >= 0.3 is 0 Å². The van der Waals surface area contributed by atoms with Gasteiger partial charge in [0, 0.05) is 17.2 Å². The summed E-state index contributed by atoms with van der Waals surface area (Å²) in [6.07, 6.45) is 0. The van der Waals surface area contributed by atoms with Gasteiger partial charge in [-0.3, -0.25) is 0 Å². The molecule has 0 aromatic heterocycles. The molecule has 0 saturated carbocycles. The van der Waals surface area contributed by atoms with Gasteiger partial charge in [-0.1, -0.05) is 24.3 Å². The van der Waals surface area contributed by atoms with Gasteiger partial charge in [-0.25, -0.2) is 4.39 Å². The largest absolute Gasteiger partial charge is 0.497 e. The highest BCUT2D eigenvalue weighted by Crippen LogP contribution is 2.35. The Morgan fingerprint density at radius 3 is 2.30 bits per heavy atom. The Labute approximate surface area is 118 Å². The van der Waals surface area contributed by atoms with Gasteiger partial charge in [0.1, 0.15) is 17.3 Å². The maximum Gasteiger partial charge on any atom is 0.132 e. The van der Waals surface area contributed by atoms with Gasteiger partial charge < -0.3 is 15.2 Å². The lowest BCUT2D eigenvalue weighted by molar-refractivity contribution is 0.394. The molecule has 0 spiro atoms. The van der Waals surface area contributed by atoms with Gasteiger partial charge in [-0.15, -0.1) is 0 Å². The predicted octanol–water partition coefficient (Wildman–Crippen LogP) is 3.07. The van der Waals surface area contributed by atoms with Crippen molar-refractivity contribution >= 4 is 0 Å². The molecular formula is C16H18FNO2. The standard InChI is InChI=1S/C16H18FNO2/c1-16(18,13-6-4-5-7-15(13)20-3)12-9-8-11(19-2)10-14(12)17/h4-10H,18H2,1-3H3. The first-order chi connectivity index (χ1) is 9.50. The molecule has 2 N–H and O–H groups in total. The van der Waals surface area contributed by atoms with Crippen molar-refractivity contribution in [2.45, 2.75) is 12.5 Å². The van der Waals surface area contributed by atoms with Gasteiger partial charge in [-0.2, -0.15) is 0 Å². The number of methoxy groups -OCH3 is 2. The number of nitrogens with two attached hydrogens (primary N) is 1. The molecule has 1 unspecified atom stereocenters. The van der Waals surface area contributed by atoms with Crippen molar-refractivity contribution in [3.8, 4) is 11.5 Å². The topological polar surface area (TPSA) is 44.5 Å². The first-order valence-corrected chi connectivity index (χ1v) is 6.27. The lowest BCUT2D eigenvalue weighted by atomic mass is 9.84. The van der Waals surface area contributed by atoms with E-state index in [9.17, 15) is 4.39 Å². The molecule has 0 bridgehead atoms. The summed E-state index contributed by atoms with van der Waals surface area (Å²) in [4.78, 5) is 0. The average molecular weight is 275 g/mol. The summed E-state index contributed by atoms with van der Waals surface area (Å²) in [5.74, 6) is 0.690. The highest BCUT2D eigenvalue weighted by Gasteiger charge is 2.30. The van der Waals surface area contributed by atoms with Crippen LogP contribution in [-0.2, 0) is 5.54 Å². The van der Waals surface area contributed by atoms with Crippen molar-refractivity contribution in [1.82, 2.24) is 0 Å². The number of halogens is 1. The van der Waals surface area contributed by atoms with E-state index < -0.39 is 11.4 Å². The van der Waals surface area contributed by atoms with Crippen molar-refractivity contribution in [2.24, 2.45) is 5.73 Å². The highest BCUT2D eigenvalue weighted by molar-refractivity contribution is 5.47. The lowest BCUT2D eigenvalue weighted by Gasteiger charge is -2.28. The third kappa shape index (κ3) is 2.47. The molecule has 0 amide bonds. The van der Waals surface area contributed by atoms with Crippen LogP contribution in [0.1, 0.15) is 18.1 Å². The fourth-order valence-electron chi connectivity index (χ4n) is 2.26. The molecule has 0 heterocycles. The zero-order chi connectivity index (χ0) is 14.8. The van der Waals surface area contributed by atoms with E-state index in [0.29, 0.717) is 17.1 Å². The van der Waals surface area contributed by atoms with Crippen molar-refractivity contribution in [2.75, 3.05) is 14.2 Å². The zero-order valence-electron chi connectivity index (χ0n) is 11.8. The van der Waals surface area contributed by atoms with Crippen LogP contribution in [0.15, 0.2) is 42.5 Å². The summed E-state index contributed by atoms with van der Waals surface area (Å²) >= 11 is 0. The summed E-state index contributed by atoms with van der Waals surface area (Å²) in [5, 5.41) is 0. The number of para-hydroxylation sites is 1. The Morgan fingerprint density at radius 1 is 1.00 bits per heavy atom. The second-order valence-corrected chi connectivity index (χ2v) is 4.75. The van der Waals surface area contributed by atoms with Gasteiger partial charge in [0.25, 0.3) is 0 Å². The molecule has 0 fully saturated rings. The number of hydrogen-bond acceptors (Lipinski definition) is 3. The fourth-order valence-corrected chi connectivity index (χ4v) is 2.26. The van der Waals surface area contributed by atoms with Gasteiger partial charge in [0.2, 0.25) is 0 Å². The van der Waals surface area contributed by atoms with Crippen LogP contribution in [0, 0.1) is 5.82 Å². The van der Waals surface area contributed by atoms with Crippen LogP contribution in [-0.4, -0.2) is 14.2 Å². The molecule has 20 heavy (non-hydrogen) atoms. The van der Waals surface area contributed by atoms with Crippen molar-refractivity contribution in [1.29, 1.82) is 0 Å². The molecule has 2 aromatic rings. The molecule has 0 aliphatic rings. The Bertz CT molecular complexity index is 611. The minimum atomic E-state index is -0.997. The molecule has 1 atom stereocenters. The Hall–Kier alpha value is -2.07. The number of benzene rings is 2. The predicted molar refractivity (Wildman–Crippen MR) is 76.6 cm³/mol. The maximum atomic E-state index is 14.3. The second-order valence-electron chi connectivity index (χ2n) is 4.75. The summed E-state index contributed by atoms with van der Waals surface area (Å²) in [6.45, 7) is 1.76. The number of rotatable bonds is 4. The van der Waals surface area contributed by atoms with E-state index in [1.54, 1.807) is 26.2 Å². The Balaban J connectivity index is 2.54. The highest BCUT2D eigenvalue weighted by atomic mass is 19.1. The van der Waals surface area contributed by atoms with E-state index >= 15 is 0 Å². The molecule has 4 heteroatoms.